The van der Waals surface area contributed by atoms with Gasteiger partial charge in [-0.05, 0) is 73.7 Å². The Morgan fingerprint density at radius 2 is 1.25 bits per heavy atom. The molecule has 48 heavy (non-hydrogen) atoms. The normalized spacial score (nSPS) is 14.3. The first-order chi connectivity index (χ1) is 22.7. The lowest BCUT2D eigenvalue weighted by molar-refractivity contribution is -0.142. The van der Waals surface area contributed by atoms with E-state index in [-0.39, 0.29) is 37.4 Å². The van der Waals surface area contributed by atoms with Crippen LogP contribution in [0, 0.1) is 11.8 Å². The molecule has 0 heterocycles. The quantitative estimate of drug-likeness (QED) is 0.0952. The van der Waals surface area contributed by atoms with Gasteiger partial charge in [-0.2, -0.15) is 0 Å². The van der Waals surface area contributed by atoms with Gasteiger partial charge in [0.2, 0.25) is 23.6 Å². The van der Waals surface area contributed by atoms with Gasteiger partial charge in [-0.25, -0.2) is 4.79 Å². The molecule has 0 radical (unpaired) electrons. The van der Waals surface area contributed by atoms with Crippen LogP contribution in [-0.2, 0) is 36.8 Å². The third kappa shape index (κ3) is 13.7. The van der Waals surface area contributed by atoms with Crippen LogP contribution in [0.1, 0.15) is 64.5 Å². The molecule has 0 unspecified atom stereocenters. The van der Waals surface area contributed by atoms with Crippen LogP contribution < -0.4 is 32.7 Å². The number of phenolic OH excluding ortho intramolecular Hbond substituents is 1. The summed E-state index contributed by atoms with van der Waals surface area (Å²) >= 11 is 0. The van der Waals surface area contributed by atoms with Crippen molar-refractivity contribution in [2.24, 2.45) is 23.3 Å². The van der Waals surface area contributed by atoms with E-state index in [4.69, 9.17) is 11.5 Å². The molecule has 5 atom stereocenters. The Bertz CT molecular complexity index is 1340. The number of amides is 4. The number of hydrogen-bond donors (Lipinski definition) is 8. The summed E-state index contributed by atoms with van der Waals surface area (Å²) in [6.07, 6.45) is 1.92. The monoisotopic (exact) mass is 668 g/mol. The second-order valence-corrected chi connectivity index (χ2v) is 12.8. The van der Waals surface area contributed by atoms with Gasteiger partial charge in [-0.1, -0.05) is 70.2 Å². The zero-order valence-electron chi connectivity index (χ0n) is 28.3. The Morgan fingerprint density at radius 3 is 1.81 bits per heavy atom. The maximum atomic E-state index is 13.6. The van der Waals surface area contributed by atoms with E-state index in [1.165, 1.54) is 12.1 Å². The van der Waals surface area contributed by atoms with Crippen LogP contribution in [0.3, 0.4) is 0 Å². The molecule has 13 nitrogen and oxygen atoms in total. The van der Waals surface area contributed by atoms with Gasteiger partial charge < -0.3 is 42.9 Å². The molecule has 2 aromatic carbocycles. The summed E-state index contributed by atoms with van der Waals surface area (Å²) in [6, 6.07) is 9.89. The maximum absolute atomic E-state index is 13.6. The van der Waals surface area contributed by atoms with Crippen LogP contribution in [0.5, 0.6) is 5.75 Å². The smallest absolute Gasteiger partial charge is 0.326 e. The first kappa shape index (κ1) is 39.7. The highest BCUT2D eigenvalue weighted by Crippen LogP contribution is 2.13. The fraction of sp³-hybridized carbons (Fsp3) is 0.514. The third-order valence-electron chi connectivity index (χ3n) is 7.79. The van der Waals surface area contributed by atoms with Gasteiger partial charge in [-0.3, -0.25) is 19.2 Å². The number of carbonyl (C=O) groups is 5. The minimum absolute atomic E-state index is 0.0242. The van der Waals surface area contributed by atoms with E-state index < -0.39 is 65.7 Å². The number of nitrogens with two attached hydrogens (primary N) is 2. The minimum atomic E-state index is -1.29. The predicted octanol–water partition coefficient (Wildman–Crippen LogP) is 1.36. The Labute approximate surface area is 282 Å². The molecule has 13 heteroatoms. The lowest BCUT2D eigenvalue weighted by Gasteiger charge is -2.28. The number of hydrogen-bond acceptors (Lipinski definition) is 8. The summed E-state index contributed by atoms with van der Waals surface area (Å²) in [5.74, 6) is -4.09. The van der Waals surface area contributed by atoms with E-state index in [2.05, 4.69) is 21.3 Å². The van der Waals surface area contributed by atoms with E-state index in [1.54, 1.807) is 26.0 Å². The first-order valence-electron chi connectivity index (χ1n) is 16.4. The highest BCUT2D eigenvalue weighted by atomic mass is 16.4. The molecule has 0 aromatic heterocycles. The number of phenols is 1. The maximum Gasteiger partial charge on any atom is 0.326 e. The topological polar surface area (TPSA) is 226 Å². The Balaban J connectivity index is 2.17. The summed E-state index contributed by atoms with van der Waals surface area (Å²) < 4.78 is 0. The molecule has 0 saturated heterocycles. The van der Waals surface area contributed by atoms with Crippen molar-refractivity contribution in [3.05, 3.63) is 65.7 Å². The van der Waals surface area contributed by atoms with E-state index in [0.717, 1.165) is 5.56 Å². The van der Waals surface area contributed by atoms with Crippen LogP contribution in [0.2, 0.25) is 0 Å². The molecule has 0 bridgehead atoms. The van der Waals surface area contributed by atoms with E-state index in [1.807, 2.05) is 44.2 Å². The van der Waals surface area contributed by atoms with Crippen molar-refractivity contribution >= 4 is 29.6 Å². The zero-order chi connectivity index (χ0) is 35.8. The number of carbonyl (C=O) groups excluding carboxylic acids is 4. The summed E-state index contributed by atoms with van der Waals surface area (Å²) in [7, 11) is 0. The number of unbranched alkanes of at least 4 members (excludes halogenated alkanes) is 1. The molecule has 0 aliphatic heterocycles. The molecule has 0 saturated carbocycles. The van der Waals surface area contributed by atoms with Crippen molar-refractivity contribution in [1.29, 1.82) is 0 Å². The van der Waals surface area contributed by atoms with E-state index in [0.29, 0.717) is 24.9 Å². The molecule has 2 aromatic rings. The van der Waals surface area contributed by atoms with Crippen molar-refractivity contribution < 1.29 is 34.2 Å². The molecular weight excluding hydrogens is 616 g/mol. The molecule has 10 N–H and O–H groups in total. The number of aliphatic carboxylic acids is 1. The van der Waals surface area contributed by atoms with Gasteiger partial charge in [0.15, 0.2) is 0 Å². The highest BCUT2D eigenvalue weighted by Gasteiger charge is 2.33. The summed E-state index contributed by atoms with van der Waals surface area (Å²) in [5, 5.41) is 30.0. The Hall–Kier alpha value is -4.49. The molecule has 4 amide bonds. The fourth-order valence-corrected chi connectivity index (χ4v) is 5.09. The summed E-state index contributed by atoms with van der Waals surface area (Å²) in [4.78, 5) is 65.6. The Kier molecular flexibility index (Phi) is 16.5. The van der Waals surface area contributed by atoms with Crippen LogP contribution in [-0.4, -0.2) is 76.6 Å². The van der Waals surface area contributed by atoms with Crippen molar-refractivity contribution in [3.8, 4) is 5.75 Å². The molecule has 0 fully saturated rings. The van der Waals surface area contributed by atoms with E-state index >= 15 is 0 Å². The van der Waals surface area contributed by atoms with E-state index in [9.17, 15) is 34.2 Å². The van der Waals surface area contributed by atoms with Crippen LogP contribution in [0.25, 0.3) is 0 Å². The number of nitrogens with one attached hydrogen (secondary N) is 4. The lowest BCUT2D eigenvalue weighted by Crippen LogP contribution is -2.59. The van der Waals surface area contributed by atoms with Crippen molar-refractivity contribution in [3.63, 3.8) is 0 Å². The van der Waals surface area contributed by atoms with Crippen molar-refractivity contribution in [1.82, 2.24) is 21.3 Å². The van der Waals surface area contributed by atoms with Crippen molar-refractivity contribution in [2.45, 2.75) is 96.4 Å². The number of carboxylic acid groups (broad SMARTS) is 1. The average molecular weight is 669 g/mol. The average Bonchev–Trinajstić information content (AvgIpc) is 3.03. The standard InChI is InChI=1S/C35H52N6O7/c1-21(2)18-28(39-32(44)27(12-8-9-17-36)38-31(43)26(37)19-23-10-6-5-7-11-23)33(45)41-30(22(3)4)34(46)40-29(35(47)48)20-24-13-15-25(42)16-14-24/h5-7,10-11,13-16,21-22,26-30,42H,8-9,12,17-20,36-37H2,1-4H3,(H,38,43)(H,39,44)(H,40,46)(H,41,45)(H,47,48)/t26-,27-,28-,29-,30-/m0/s1. The SMILES string of the molecule is CC(C)C[C@H](NC(=O)[C@H](CCCCN)NC(=O)[C@@H](N)Cc1ccccc1)C(=O)N[C@H](C(=O)N[C@@H](Cc1ccc(O)cc1)C(=O)O)C(C)C. The van der Waals surface area contributed by atoms with Gasteiger partial charge >= 0.3 is 5.97 Å². The summed E-state index contributed by atoms with van der Waals surface area (Å²) in [5.41, 5.74) is 13.3. The first-order valence-corrected chi connectivity index (χ1v) is 16.4. The number of carboxylic acids is 1. The van der Waals surface area contributed by atoms with Crippen LogP contribution in [0.4, 0.5) is 0 Å². The summed E-state index contributed by atoms with van der Waals surface area (Å²) in [6.45, 7) is 7.58. The van der Waals surface area contributed by atoms with Crippen LogP contribution in [0.15, 0.2) is 54.6 Å². The molecule has 2 rings (SSSR count). The van der Waals surface area contributed by atoms with Crippen LogP contribution >= 0.6 is 0 Å². The fourth-order valence-electron chi connectivity index (χ4n) is 5.09. The second-order valence-electron chi connectivity index (χ2n) is 12.8. The minimum Gasteiger partial charge on any atom is -0.508 e. The molecule has 264 valence electrons. The lowest BCUT2D eigenvalue weighted by atomic mass is 9.98. The van der Waals surface area contributed by atoms with Crippen molar-refractivity contribution in [2.75, 3.05) is 6.54 Å². The molecule has 0 aliphatic carbocycles. The Morgan fingerprint density at radius 1 is 0.688 bits per heavy atom. The number of benzene rings is 2. The highest BCUT2D eigenvalue weighted by molar-refractivity contribution is 5.95. The zero-order valence-corrected chi connectivity index (χ0v) is 28.3. The van der Waals surface area contributed by atoms with Gasteiger partial charge in [0.25, 0.3) is 0 Å². The molecular formula is C35H52N6O7. The van der Waals surface area contributed by atoms with Gasteiger partial charge in [0.05, 0.1) is 6.04 Å². The largest absolute Gasteiger partial charge is 0.508 e. The predicted molar refractivity (Wildman–Crippen MR) is 182 cm³/mol. The van der Waals surface area contributed by atoms with Gasteiger partial charge in [0.1, 0.15) is 29.9 Å². The third-order valence-corrected chi connectivity index (χ3v) is 7.79. The van der Waals surface area contributed by atoms with Gasteiger partial charge in [-0.15, -0.1) is 0 Å². The number of aromatic hydroxyl groups is 1. The number of rotatable bonds is 20. The molecule has 0 aliphatic rings. The molecule has 0 spiro atoms. The van der Waals surface area contributed by atoms with Gasteiger partial charge in [0, 0.05) is 6.42 Å². The second kappa shape index (κ2) is 20.0.